The zero-order chi connectivity index (χ0) is 21.3. The quantitative estimate of drug-likeness (QED) is 0.462. The zero-order valence-corrected chi connectivity index (χ0v) is 16.9. The lowest BCUT2D eigenvalue weighted by atomic mass is 9.72. The second-order valence-electron chi connectivity index (χ2n) is 7.76. The third-order valence-corrected chi connectivity index (χ3v) is 5.93. The summed E-state index contributed by atoms with van der Waals surface area (Å²) in [6.07, 6.45) is 17.5. The first-order valence-corrected chi connectivity index (χ1v) is 10.2. The number of hydrogen-bond acceptors (Lipinski definition) is 7. The highest BCUT2D eigenvalue weighted by Crippen LogP contribution is 2.45. The Hall–Kier alpha value is -3.88. The molecular weight excluding hydrogens is 392 g/mol. The smallest absolute Gasteiger partial charge is 0.219 e. The lowest BCUT2D eigenvalue weighted by Gasteiger charge is -2.43. The molecule has 1 aliphatic carbocycles. The van der Waals surface area contributed by atoms with Crippen LogP contribution >= 0.6 is 0 Å². The Kier molecular flexibility index (Phi) is 4.78. The van der Waals surface area contributed by atoms with Crippen LogP contribution in [0.5, 0.6) is 0 Å². The van der Waals surface area contributed by atoms with Crippen LogP contribution in [0.15, 0.2) is 55.6 Å². The molecule has 1 aliphatic rings. The minimum atomic E-state index is -0.137. The summed E-state index contributed by atoms with van der Waals surface area (Å²) in [5.41, 5.74) is 10.0. The molecule has 4 aromatic rings. The number of nitrogens with two attached hydrogens (primary N) is 1. The maximum atomic E-state index is 10.6. The Morgan fingerprint density at radius 3 is 2.48 bits per heavy atom. The summed E-state index contributed by atoms with van der Waals surface area (Å²) in [6.45, 7) is 0.575. The van der Waals surface area contributed by atoms with Crippen molar-refractivity contribution in [1.82, 2.24) is 34.3 Å². The number of hydrogen-bond donors (Lipinski definition) is 1. The molecule has 4 heterocycles. The maximum Gasteiger partial charge on any atom is 0.219 e. The second-order valence-corrected chi connectivity index (χ2v) is 7.76. The van der Waals surface area contributed by atoms with E-state index in [0.717, 1.165) is 53.6 Å². The number of aldehydes is 1. The molecular formula is C22H22N8O. The van der Waals surface area contributed by atoms with Crippen LogP contribution in [-0.2, 0) is 16.9 Å². The summed E-state index contributed by atoms with van der Waals surface area (Å²) in [5.74, 6) is 0.249. The molecule has 1 saturated carbocycles. The Morgan fingerprint density at radius 2 is 1.81 bits per heavy atom. The van der Waals surface area contributed by atoms with Crippen molar-refractivity contribution >= 4 is 12.2 Å². The molecule has 1 fully saturated rings. The number of pyridine rings is 1. The fourth-order valence-corrected chi connectivity index (χ4v) is 4.03. The summed E-state index contributed by atoms with van der Waals surface area (Å²) in [5, 5.41) is 4.32. The van der Waals surface area contributed by atoms with Crippen molar-refractivity contribution in [2.24, 2.45) is 0 Å². The van der Waals surface area contributed by atoms with Crippen LogP contribution in [0.1, 0.15) is 31.2 Å². The van der Waals surface area contributed by atoms with Gasteiger partial charge in [-0.05, 0) is 30.9 Å². The summed E-state index contributed by atoms with van der Waals surface area (Å²) >= 11 is 0. The highest BCUT2D eigenvalue weighted by Gasteiger charge is 2.40. The summed E-state index contributed by atoms with van der Waals surface area (Å²) < 4.78 is 3.96. The van der Waals surface area contributed by atoms with Gasteiger partial charge in [0.25, 0.3) is 0 Å². The first-order chi connectivity index (χ1) is 15.2. The third-order valence-electron chi connectivity index (χ3n) is 5.93. The first kappa shape index (κ1) is 19.1. The molecule has 4 aromatic heterocycles. The molecule has 0 bridgehead atoms. The largest absolute Gasteiger partial charge is 0.368 e. The Bertz CT molecular complexity index is 1190. The first-order valence-electron chi connectivity index (χ1n) is 10.2. The zero-order valence-electron chi connectivity index (χ0n) is 16.9. The number of carbonyl (C=O) groups excluding carboxylic acids is 1. The lowest BCUT2D eigenvalue weighted by molar-refractivity contribution is -0.108. The van der Waals surface area contributed by atoms with Gasteiger partial charge in [-0.1, -0.05) is 6.07 Å². The van der Waals surface area contributed by atoms with Crippen LogP contribution in [-0.4, -0.2) is 40.6 Å². The van der Waals surface area contributed by atoms with Gasteiger partial charge in [-0.25, -0.2) is 15.0 Å². The molecule has 0 radical (unpaired) electrons. The molecule has 0 atom stereocenters. The molecule has 0 amide bonds. The van der Waals surface area contributed by atoms with Crippen LogP contribution < -0.4 is 5.73 Å². The molecule has 156 valence electrons. The van der Waals surface area contributed by atoms with Crippen molar-refractivity contribution in [2.45, 2.75) is 37.8 Å². The van der Waals surface area contributed by atoms with Crippen LogP contribution in [0, 0.1) is 0 Å². The van der Waals surface area contributed by atoms with Crippen molar-refractivity contribution in [2.75, 3.05) is 5.73 Å². The molecule has 0 aromatic carbocycles. The van der Waals surface area contributed by atoms with Crippen molar-refractivity contribution in [3.8, 4) is 22.5 Å². The molecule has 9 heteroatoms. The Labute approximate surface area is 179 Å². The number of nitrogen functional groups attached to an aromatic ring is 1. The van der Waals surface area contributed by atoms with E-state index in [4.69, 9.17) is 5.73 Å². The fourth-order valence-electron chi connectivity index (χ4n) is 4.03. The minimum Gasteiger partial charge on any atom is -0.368 e. The van der Waals surface area contributed by atoms with Gasteiger partial charge in [0.1, 0.15) is 6.29 Å². The number of carbonyl (C=O) groups is 1. The molecule has 9 nitrogen and oxygen atoms in total. The van der Waals surface area contributed by atoms with E-state index < -0.39 is 0 Å². The highest BCUT2D eigenvalue weighted by molar-refractivity contribution is 5.58. The Balaban J connectivity index is 1.40. The van der Waals surface area contributed by atoms with Gasteiger partial charge in [-0.2, -0.15) is 5.10 Å². The highest BCUT2D eigenvalue weighted by atomic mass is 16.1. The predicted octanol–water partition coefficient (Wildman–Crippen LogP) is 2.70. The van der Waals surface area contributed by atoms with E-state index in [1.54, 1.807) is 23.3 Å². The van der Waals surface area contributed by atoms with Gasteiger partial charge in [-0.15, -0.1) is 0 Å². The van der Waals surface area contributed by atoms with Gasteiger partial charge < -0.3 is 15.1 Å². The molecule has 5 rings (SSSR count). The van der Waals surface area contributed by atoms with E-state index in [0.29, 0.717) is 13.0 Å². The maximum absolute atomic E-state index is 10.6. The van der Waals surface area contributed by atoms with Crippen LogP contribution in [0.25, 0.3) is 22.5 Å². The number of anilines is 1. The molecule has 0 spiro atoms. The number of rotatable bonds is 7. The fraction of sp³-hybridized carbons (Fsp3) is 0.273. The van der Waals surface area contributed by atoms with E-state index in [2.05, 4.69) is 41.9 Å². The van der Waals surface area contributed by atoms with E-state index in [1.807, 2.05) is 24.8 Å². The molecule has 0 aliphatic heterocycles. The van der Waals surface area contributed by atoms with Crippen molar-refractivity contribution in [3.63, 3.8) is 0 Å². The second kappa shape index (κ2) is 7.75. The lowest BCUT2D eigenvalue weighted by Crippen LogP contribution is -2.41. The standard InChI is InChI=1S/C22H22N8O/c23-21-25-9-16(10-26-21)19-4-3-18(12-24-19)22(5-1-6-22)29-14-20(27-15-29)17-11-28-30(13-17)7-2-8-31/h3-4,8-15H,1-2,5-7H2,(H2,23,25,26). The average molecular weight is 414 g/mol. The van der Waals surface area contributed by atoms with E-state index in [1.165, 1.54) is 0 Å². The molecule has 2 N–H and O–H groups in total. The summed E-state index contributed by atoms with van der Waals surface area (Å²) in [6, 6.07) is 4.12. The molecule has 0 unspecified atom stereocenters. The van der Waals surface area contributed by atoms with Crippen LogP contribution in [0.2, 0.25) is 0 Å². The molecule has 0 saturated heterocycles. The predicted molar refractivity (Wildman–Crippen MR) is 115 cm³/mol. The van der Waals surface area contributed by atoms with Gasteiger partial charge >= 0.3 is 0 Å². The number of aryl methyl sites for hydroxylation is 1. The number of imidazole rings is 1. The normalized spacial score (nSPS) is 14.8. The SMILES string of the molecule is Nc1ncc(-c2ccc(C3(n4cnc(-c5cnn(CCC=O)c5)c4)CCC3)cn2)cn1. The van der Waals surface area contributed by atoms with Crippen molar-refractivity contribution in [3.05, 3.63) is 61.2 Å². The van der Waals surface area contributed by atoms with Gasteiger partial charge in [0, 0.05) is 55.1 Å². The van der Waals surface area contributed by atoms with E-state index in [-0.39, 0.29) is 11.5 Å². The van der Waals surface area contributed by atoms with E-state index in [9.17, 15) is 4.79 Å². The minimum absolute atomic E-state index is 0.137. The number of aromatic nitrogens is 7. The molecule has 31 heavy (non-hydrogen) atoms. The third kappa shape index (κ3) is 3.48. The average Bonchev–Trinajstić information content (AvgIpc) is 3.43. The monoisotopic (exact) mass is 414 g/mol. The van der Waals surface area contributed by atoms with Gasteiger partial charge in [0.05, 0.1) is 29.5 Å². The summed E-state index contributed by atoms with van der Waals surface area (Å²) in [7, 11) is 0. The van der Waals surface area contributed by atoms with Crippen molar-refractivity contribution < 1.29 is 4.79 Å². The van der Waals surface area contributed by atoms with Gasteiger partial charge in [0.2, 0.25) is 5.95 Å². The Morgan fingerprint density at radius 1 is 0.968 bits per heavy atom. The number of nitrogens with zero attached hydrogens (tertiary/aromatic N) is 7. The summed E-state index contributed by atoms with van der Waals surface area (Å²) in [4.78, 5) is 27.9. The van der Waals surface area contributed by atoms with Gasteiger partial charge in [-0.3, -0.25) is 9.67 Å². The van der Waals surface area contributed by atoms with Crippen molar-refractivity contribution in [1.29, 1.82) is 0 Å². The van der Waals surface area contributed by atoms with Crippen LogP contribution in [0.3, 0.4) is 0 Å². The van der Waals surface area contributed by atoms with Gasteiger partial charge in [0.15, 0.2) is 0 Å². The van der Waals surface area contributed by atoms with Crippen LogP contribution in [0.4, 0.5) is 5.95 Å². The topological polar surface area (TPSA) is 117 Å². The van der Waals surface area contributed by atoms with E-state index >= 15 is 0 Å².